The van der Waals surface area contributed by atoms with Gasteiger partial charge in [0.05, 0.1) is 14.2 Å². The normalized spacial score (nSPS) is 10.1. The van der Waals surface area contributed by atoms with Crippen LogP contribution in [0.2, 0.25) is 0 Å². The first-order valence-electron chi connectivity index (χ1n) is 5.62. The van der Waals surface area contributed by atoms with Crippen LogP contribution in [-0.4, -0.2) is 24.2 Å². The number of aryl methyl sites for hydroxylation is 1. The second-order valence-corrected chi connectivity index (χ2v) is 3.87. The minimum Gasteiger partial charge on any atom is -0.496 e. The molecule has 0 aliphatic heterocycles. The van der Waals surface area contributed by atoms with Gasteiger partial charge in [0.25, 0.3) is 0 Å². The first kappa shape index (κ1) is 12.9. The molecule has 6 nitrogen and oxygen atoms in total. The summed E-state index contributed by atoms with van der Waals surface area (Å²) in [7, 11) is 3.15. The Morgan fingerprint density at radius 1 is 1.00 bits per heavy atom. The van der Waals surface area contributed by atoms with Crippen molar-refractivity contribution in [3.8, 4) is 23.1 Å². The number of ether oxygens (including phenoxy) is 3. The molecule has 6 heteroatoms. The summed E-state index contributed by atoms with van der Waals surface area (Å²) in [6, 6.07) is 5.23. The fourth-order valence-corrected chi connectivity index (χ4v) is 1.49. The Bertz CT molecular complexity index is 565. The highest BCUT2D eigenvalue weighted by Crippen LogP contribution is 2.31. The van der Waals surface area contributed by atoms with Crippen molar-refractivity contribution in [2.24, 2.45) is 0 Å². The maximum Gasteiger partial charge on any atom is 0.226 e. The van der Waals surface area contributed by atoms with E-state index >= 15 is 0 Å². The van der Waals surface area contributed by atoms with E-state index in [1.807, 2.05) is 6.92 Å². The van der Waals surface area contributed by atoms with Crippen LogP contribution in [0.25, 0.3) is 0 Å². The highest BCUT2D eigenvalue weighted by Gasteiger charge is 2.08. The molecule has 0 aliphatic carbocycles. The third-order valence-electron chi connectivity index (χ3n) is 2.48. The van der Waals surface area contributed by atoms with Crippen molar-refractivity contribution in [3.05, 3.63) is 30.0 Å². The second-order valence-electron chi connectivity index (χ2n) is 3.87. The van der Waals surface area contributed by atoms with Crippen LogP contribution >= 0.6 is 0 Å². The van der Waals surface area contributed by atoms with Crippen LogP contribution in [0.5, 0.6) is 23.1 Å². The number of nitrogens with two attached hydrogens (primary N) is 1. The molecule has 0 unspecified atom stereocenters. The van der Waals surface area contributed by atoms with Crippen LogP contribution in [0, 0.1) is 6.92 Å². The average molecular weight is 261 g/mol. The zero-order chi connectivity index (χ0) is 13.8. The Morgan fingerprint density at radius 2 is 1.58 bits per heavy atom. The molecule has 1 aromatic heterocycles. The fourth-order valence-electron chi connectivity index (χ4n) is 1.49. The molecule has 0 radical (unpaired) electrons. The topological polar surface area (TPSA) is 79.5 Å². The van der Waals surface area contributed by atoms with E-state index in [1.54, 1.807) is 38.6 Å². The van der Waals surface area contributed by atoms with Gasteiger partial charge in [-0.05, 0) is 6.92 Å². The zero-order valence-corrected chi connectivity index (χ0v) is 11.0. The van der Waals surface area contributed by atoms with Gasteiger partial charge in [0.15, 0.2) is 0 Å². The standard InChI is InChI=1S/C13H15N3O3/c1-8-7-15-13(14)16-12(8)19-11-5-9(17-2)4-10(6-11)18-3/h4-7H,1-3H3,(H2,14,15,16). The molecule has 1 aromatic carbocycles. The molecule has 0 saturated heterocycles. The molecule has 0 amide bonds. The quantitative estimate of drug-likeness (QED) is 0.908. The molecular formula is C13H15N3O3. The van der Waals surface area contributed by atoms with Gasteiger partial charge in [-0.15, -0.1) is 0 Å². The van der Waals surface area contributed by atoms with Gasteiger partial charge in [-0.2, -0.15) is 4.98 Å². The largest absolute Gasteiger partial charge is 0.496 e. The molecule has 0 aliphatic rings. The van der Waals surface area contributed by atoms with E-state index in [0.29, 0.717) is 23.1 Å². The zero-order valence-electron chi connectivity index (χ0n) is 11.0. The van der Waals surface area contributed by atoms with E-state index < -0.39 is 0 Å². The first-order valence-corrected chi connectivity index (χ1v) is 5.62. The Morgan fingerprint density at radius 3 is 2.16 bits per heavy atom. The monoisotopic (exact) mass is 261 g/mol. The summed E-state index contributed by atoms with van der Waals surface area (Å²) in [6.45, 7) is 1.84. The lowest BCUT2D eigenvalue weighted by molar-refractivity contribution is 0.384. The highest BCUT2D eigenvalue weighted by atomic mass is 16.5. The Kier molecular flexibility index (Phi) is 3.70. The summed E-state index contributed by atoms with van der Waals surface area (Å²) in [5.41, 5.74) is 6.33. The van der Waals surface area contributed by atoms with Gasteiger partial charge < -0.3 is 19.9 Å². The van der Waals surface area contributed by atoms with Crippen molar-refractivity contribution < 1.29 is 14.2 Å². The van der Waals surface area contributed by atoms with Crippen molar-refractivity contribution in [2.75, 3.05) is 20.0 Å². The van der Waals surface area contributed by atoms with E-state index in [4.69, 9.17) is 19.9 Å². The molecule has 0 bridgehead atoms. The van der Waals surface area contributed by atoms with Gasteiger partial charge in [0.2, 0.25) is 11.8 Å². The summed E-state index contributed by atoms with van der Waals surface area (Å²) >= 11 is 0. The minimum absolute atomic E-state index is 0.162. The van der Waals surface area contributed by atoms with Gasteiger partial charge in [-0.3, -0.25) is 0 Å². The first-order chi connectivity index (χ1) is 9.12. The number of methoxy groups -OCH3 is 2. The maximum atomic E-state index is 5.68. The minimum atomic E-state index is 0.162. The molecule has 2 aromatic rings. The van der Waals surface area contributed by atoms with Gasteiger partial charge in [0, 0.05) is 30.0 Å². The molecule has 2 rings (SSSR count). The van der Waals surface area contributed by atoms with Crippen molar-refractivity contribution in [1.82, 2.24) is 9.97 Å². The summed E-state index contributed by atoms with van der Waals surface area (Å²) in [6.07, 6.45) is 1.61. The van der Waals surface area contributed by atoms with E-state index in [9.17, 15) is 0 Å². The van der Waals surface area contributed by atoms with E-state index in [2.05, 4.69) is 9.97 Å². The van der Waals surface area contributed by atoms with Crippen LogP contribution in [-0.2, 0) is 0 Å². The third-order valence-corrected chi connectivity index (χ3v) is 2.48. The van der Waals surface area contributed by atoms with E-state index in [1.165, 1.54) is 0 Å². The fraction of sp³-hybridized carbons (Fsp3) is 0.231. The van der Waals surface area contributed by atoms with Crippen molar-refractivity contribution in [1.29, 1.82) is 0 Å². The molecule has 0 spiro atoms. The van der Waals surface area contributed by atoms with Crippen LogP contribution < -0.4 is 19.9 Å². The molecule has 1 heterocycles. The molecular weight excluding hydrogens is 246 g/mol. The predicted octanol–water partition coefficient (Wildman–Crippen LogP) is 2.18. The summed E-state index contributed by atoms with van der Waals surface area (Å²) in [4.78, 5) is 7.93. The molecule has 0 saturated carbocycles. The summed E-state index contributed by atoms with van der Waals surface area (Å²) in [5.74, 6) is 2.39. The van der Waals surface area contributed by atoms with E-state index in [-0.39, 0.29) is 5.95 Å². The smallest absolute Gasteiger partial charge is 0.226 e. The van der Waals surface area contributed by atoms with Crippen LogP contribution in [0.1, 0.15) is 5.56 Å². The molecule has 19 heavy (non-hydrogen) atoms. The third kappa shape index (κ3) is 3.04. The van der Waals surface area contributed by atoms with E-state index in [0.717, 1.165) is 5.56 Å². The number of anilines is 1. The average Bonchev–Trinajstić information content (AvgIpc) is 2.42. The Balaban J connectivity index is 2.34. The highest BCUT2D eigenvalue weighted by molar-refractivity contribution is 5.44. The Labute approximate surface area is 111 Å². The van der Waals surface area contributed by atoms with Crippen molar-refractivity contribution in [3.63, 3.8) is 0 Å². The number of aromatic nitrogens is 2. The maximum absolute atomic E-state index is 5.68. The van der Waals surface area contributed by atoms with Crippen LogP contribution in [0.4, 0.5) is 5.95 Å². The number of rotatable bonds is 4. The molecule has 100 valence electrons. The lowest BCUT2D eigenvalue weighted by Crippen LogP contribution is -1.99. The number of nitrogens with zero attached hydrogens (tertiary/aromatic N) is 2. The van der Waals surface area contributed by atoms with Gasteiger partial charge >= 0.3 is 0 Å². The van der Waals surface area contributed by atoms with Crippen molar-refractivity contribution >= 4 is 5.95 Å². The molecule has 0 atom stereocenters. The number of hydrogen-bond donors (Lipinski definition) is 1. The number of nitrogen functional groups attached to an aromatic ring is 1. The number of benzene rings is 1. The summed E-state index contributed by atoms with van der Waals surface area (Å²) in [5, 5.41) is 0. The van der Waals surface area contributed by atoms with Crippen molar-refractivity contribution in [2.45, 2.75) is 6.92 Å². The predicted molar refractivity (Wildman–Crippen MR) is 70.8 cm³/mol. The molecule has 2 N–H and O–H groups in total. The van der Waals surface area contributed by atoms with Gasteiger partial charge in [-0.25, -0.2) is 4.98 Å². The lowest BCUT2D eigenvalue weighted by Gasteiger charge is -2.10. The SMILES string of the molecule is COc1cc(OC)cc(Oc2nc(N)ncc2C)c1. The van der Waals surface area contributed by atoms with Crippen LogP contribution in [0.3, 0.4) is 0 Å². The number of hydrogen-bond acceptors (Lipinski definition) is 6. The summed E-state index contributed by atoms with van der Waals surface area (Å²) < 4.78 is 16.0. The second kappa shape index (κ2) is 5.43. The molecule has 0 fully saturated rings. The lowest BCUT2D eigenvalue weighted by atomic mass is 10.3. The van der Waals surface area contributed by atoms with Gasteiger partial charge in [0.1, 0.15) is 17.2 Å². The Hall–Kier alpha value is -2.50. The van der Waals surface area contributed by atoms with Gasteiger partial charge in [-0.1, -0.05) is 0 Å². The van der Waals surface area contributed by atoms with Crippen LogP contribution in [0.15, 0.2) is 24.4 Å².